The van der Waals surface area contributed by atoms with Gasteiger partial charge < -0.3 is 10.2 Å². The van der Waals surface area contributed by atoms with E-state index in [4.69, 9.17) is 0 Å². The van der Waals surface area contributed by atoms with Gasteiger partial charge in [0.1, 0.15) is 5.82 Å². The number of amides is 1. The van der Waals surface area contributed by atoms with E-state index in [9.17, 15) is 4.79 Å². The van der Waals surface area contributed by atoms with Gasteiger partial charge in [0.15, 0.2) is 0 Å². The van der Waals surface area contributed by atoms with Crippen LogP contribution in [0.4, 0.5) is 11.5 Å². The summed E-state index contributed by atoms with van der Waals surface area (Å²) in [7, 11) is 3.85. The zero-order valence-corrected chi connectivity index (χ0v) is 14.6. The van der Waals surface area contributed by atoms with Gasteiger partial charge in [-0.25, -0.2) is 4.98 Å². The number of pyridine rings is 2. The van der Waals surface area contributed by atoms with Crippen molar-refractivity contribution in [1.29, 1.82) is 0 Å². The van der Waals surface area contributed by atoms with Crippen molar-refractivity contribution in [3.8, 4) is 0 Å². The average Bonchev–Trinajstić information content (AvgIpc) is 2.67. The molecule has 0 aliphatic heterocycles. The van der Waals surface area contributed by atoms with Crippen LogP contribution in [0, 0.1) is 0 Å². The van der Waals surface area contributed by atoms with Gasteiger partial charge >= 0.3 is 0 Å². The molecular weight excluding hydrogens is 324 g/mol. The Hall–Kier alpha value is -3.47. The summed E-state index contributed by atoms with van der Waals surface area (Å²) >= 11 is 0. The average molecular weight is 342 g/mol. The topological polar surface area (TPSA) is 58.1 Å². The molecule has 2 aromatic carbocycles. The first-order valence-corrected chi connectivity index (χ1v) is 8.35. The quantitative estimate of drug-likeness (QED) is 0.570. The van der Waals surface area contributed by atoms with Crippen molar-refractivity contribution in [1.82, 2.24) is 9.97 Å². The third kappa shape index (κ3) is 2.84. The van der Waals surface area contributed by atoms with Gasteiger partial charge in [0.2, 0.25) is 0 Å². The Balaban J connectivity index is 1.76. The number of fused-ring (bicyclic) bond motifs is 3. The van der Waals surface area contributed by atoms with Crippen molar-refractivity contribution in [3.63, 3.8) is 0 Å². The molecule has 2 heterocycles. The molecule has 1 amide bonds. The summed E-state index contributed by atoms with van der Waals surface area (Å²) in [5.41, 5.74) is 1.90. The van der Waals surface area contributed by atoms with Gasteiger partial charge in [-0.1, -0.05) is 30.3 Å². The maximum Gasteiger partial charge on any atom is 0.257 e. The second-order valence-electron chi connectivity index (χ2n) is 6.30. The molecule has 128 valence electrons. The van der Waals surface area contributed by atoms with Crippen molar-refractivity contribution < 1.29 is 4.79 Å². The van der Waals surface area contributed by atoms with Crippen molar-refractivity contribution in [3.05, 3.63) is 72.6 Å². The van der Waals surface area contributed by atoms with Crippen molar-refractivity contribution in [2.24, 2.45) is 0 Å². The van der Waals surface area contributed by atoms with Gasteiger partial charge in [0, 0.05) is 25.7 Å². The molecule has 0 aliphatic rings. The van der Waals surface area contributed by atoms with Crippen LogP contribution in [0.2, 0.25) is 0 Å². The number of nitrogens with one attached hydrogen (secondary N) is 1. The monoisotopic (exact) mass is 342 g/mol. The lowest BCUT2D eigenvalue weighted by Crippen LogP contribution is -2.14. The van der Waals surface area contributed by atoms with E-state index in [0.717, 1.165) is 22.0 Å². The van der Waals surface area contributed by atoms with Gasteiger partial charge in [-0.15, -0.1) is 0 Å². The molecular formula is C21H18N4O. The number of rotatable bonds is 3. The van der Waals surface area contributed by atoms with Crippen molar-refractivity contribution in [2.75, 3.05) is 24.3 Å². The minimum Gasteiger partial charge on any atom is -0.363 e. The van der Waals surface area contributed by atoms with Gasteiger partial charge in [0.25, 0.3) is 5.91 Å². The number of anilines is 2. The maximum atomic E-state index is 12.9. The number of hydrogen-bond donors (Lipinski definition) is 1. The summed E-state index contributed by atoms with van der Waals surface area (Å²) in [5.74, 6) is 0.639. The van der Waals surface area contributed by atoms with Crippen molar-refractivity contribution >= 4 is 39.1 Å². The van der Waals surface area contributed by atoms with Gasteiger partial charge in [-0.2, -0.15) is 0 Å². The smallest absolute Gasteiger partial charge is 0.257 e. The van der Waals surface area contributed by atoms with Gasteiger partial charge in [-0.05, 0) is 35.0 Å². The van der Waals surface area contributed by atoms with E-state index in [2.05, 4.69) is 15.3 Å². The first-order chi connectivity index (χ1) is 12.6. The lowest BCUT2D eigenvalue weighted by molar-refractivity contribution is 0.102. The van der Waals surface area contributed by atoms with Gasteiger partial charge in [-0.3, -0.25) is 9.78 Å². The van der Waals surface area contributed by atoms with E-state index in [1.807, 2.05) is 73.6 Å². The lowest BCUT2D eigenvalue weighted by Gasteiger charge is -2.12. The van der Waals surface area contributed by atoms with Crippen LogP contribution in [-0.4, -0.2) is 30.0 Å². The molecule has 2 aromatic heterocycles. The molecule has 0 bridgehead atoms. The van der Waals surface area contributed by atoms with E-state index >= 15 is 0 Å². The highest BCUT2D eigenvalue weighted by molar-refractivity contribution is 6.18. The van der Waals surface area contributed by atoms with E-state index in [-0.39, 0.29) is 5.91 Å². The molecule has 0 fully saturated rings. The minimum absolute atomic E-state index is 0.196. The summed E-state index contributed by atoms with van der Waals surface area (Å²) < 4.78 is 0. The zero-order chi connectivity index (χ0) is 18.1. The van der Waals surface area contributed by atoms with Crippen LogP contribution >= 0.6 is 0 Å². The highest BCUT2D eigenvalue weighted by Gasteiger charge is 2.14. The Labute approximate surface area is 151 Å². The Morgan fingerprint density at radius 1 is 0.962 bits per heavy atom. The summed E-state index contributed by atoms with van der Waals surface area (Å²) in [5, 5.41) is 5.99. The second kappa shape index (κ2) is 6.44. The molecule has 0 unspecified atom stereocenters. The zero-order valence-electron chi connectivity index (χ0n) is 14.6. The molecule has 0 atom stereocenters. The standard InChI is InChI=1S/C21H18N4O/c1-25(2)19-10-9-15(13-23-19)24-21(26)18-12-14-6-3-4-7-16(14)17-8-5-11-22-20(17)18/h3-13H,1-2H3,(H,24,26). The number of benzene rings is 2. The molecule has 26 heavy (non-hydrogen) atoms. The lowest BCUT2D eigenvalue weighted by atomic mass is 10.0. The molecule has 0 spiro atoms. The number of carbonyl (C=O) groups is 1. The van der Waals surface area contributed by atoms with Crippen LogP contribution in [0.15, 0.2) is 67.0 Å². The van der Waals surface area contributed by atoms with E-state index in [0.29, 0.717) is 16.8 Å². The fourth-order valence-corrected chi connectivity index (χ4v) is 3.03. The Morgan fingerprint density at radius 3 is 2.54 bits per heavy atom. The van der Waals surface area contributed by atoms with E-state index < -0.39 is 0 Å². The molecule has 4 rings (SSSR count). The Kier molecular flexibility index (Phi) is 3.97. The SMILES string of the molecule is CN(C)c1ccc(NC(=O)c2cc3ccccc3c3cccnc23)cn1. The largest absolute Gasteiger partial charge is 0.363 e. The first kappa shape index (κ1) is 16.0. The second-order valence-corrected chi connectivity index (χ2v) is 6.30. The maximum absolute atomic E-state index is 12.9. The summed E-state index contributed by atoms with van der Waals surface area (Å²) in [6.07, 6.45) is 3.37. The first-order valence-electron chi connectivity index (χ1n) is 8.35. The fourth-order valence-electron chi connectivity index (χ4n) is 3.03. The third-order valence-electron chi connectivity index (χ3n) is 4.32. The number of hydrogen-bond acceptors (Lipinski definition) is 4. The molecule has 0 saturated carbocycles. The molecule has 0 radical (unpaired) electrons. The molecule has 5 nitrogen and oxygen atoms in total. The fraction of sp³-hybridized carbons (Fsp3) is 0.0952. The normalized spacial score (nSPS) is 10.8. The molecule has 0 saturated heterocycles. The van der Waals surface area contributed by atoms with E-state index in [1.54, 1.807) is 12.4 Å². The van der Waals surface area contributed by atoms with Crippen LogP contribution < -0.4 is 10.2 Å². The Bertz CT molecular complexity index is 1100. The summed E-state index contributed by atoms with van der Waals surface area (Å²) in [6.45, 7) is 0. The number of carbonyl (C=O) groups excluding carboxylic acids is 1. The molecule has 1 N–H and O–H groups in total. The molecule has 5 heteroatoms. The van der Waals surface area contributed by atoms with Crippen LogP contribution in [0.5, 0.6) is 0 Å². The predicted molar refractivity (Wildman–Crippen MR) is 106 cm³/mol. The minimum atomic E-state index is -0.196. The van der Waals surface area contributed by atoms with Crippen molar-refractivity contribution in [2.45, 2.75) is 0 Å². The highest BCUT2D eigenvalue weighted by Crippen LogP contribution is 2.27. The Morgan fingerprint density at radius 2 is 1.77 bits per heavy atom. The van der Waals surface area contributed by atoms with Crippen LogP contribution in [0.1, 0.15) is 10.4 Å². The number of nitrogens with zero attached hydrogens (tertiary/aromatic N) is 3. The number of aromatic nitrogens is 2. The molecule has 4 aromatic rings. The third-order valence-corrected chi connectivity index (χ3v) is 4.32. The summed E-state index contributed by atoms with van der Waals surface area (Å²) in [4.78, 5) is 23.6. The van der Waals surface area contributed by atoms with Crippen LogP contribution in [0.25, 0.3) is 21.7 Å². The van der Waals surface area contributed by atoms with Crippen LogP contribution in [-0.2, 0) is 0 Å². The van der Waals surface area contributed by atoms with E-state index in [1.165, 1.54) is 0 Å². The summed E-state index contributed by atoms with van der Waals surface area (Å²) in [6, 6.07) is 17.5. The predicted octanol–water partition coefficient (Wildman–Crippen LogP) is 4.10. The highest BCUT2D eigenvalue weighted by atomic mass is 16.1. The van der Waals surface area contributed by atoms with Gasteiger partial charge in [0.05, 0.1) is 23.0 Å². The molecule has 0 aliphatic carbocycles. The van der Waals surface area contributed by atoms with Crippen LogP contribution in [0.3, 0.4) is 0 Å².